The number of allylic oxidation sites excluding steroid dienone is 1. The van der Waals surface area contributed by atoms with E-state index in [0.717, 1.165) is 107 Å². The molecule has 0 aliphatic carbocycles. The molecule has 5 unspecified atom stereocenters. The Morgan fingerprint density at radius 2 is 0.835 bits per heavy atom. The van der Waals surface area contributed by atoms with Crippen LogP contribution in [-0.4, -0.2) is 81.8 Å². The molecule has 0 amide bonds. The van der Waals surface area contributed by atoms with E-state index in [1.54, 1.807) is 18.2 Å². The second-order valence-electron chi connectivity index (χ2n) is 26.9. The topological polar surface area (TPSA) is 89.2 Å². The van der Waals surface area contributed by atoms with E-state index in [1.165, 1.54) is 124 Å². The standard InChI is InChI=1S/C21H23Br3N2.C17H15Br3IN.C17H16Br3N.C14H10Br3N.C7H4Br2O.C7H8BrN.C4H9N.C3H5Br/c22-17-9-16(10-18(23)11-17)21-12-19(14-25-7-3-4-8-25)26(21)13-15-5-1-2-6-20(15)24;18-13-5-12(6-14(19)7-13)17-8-15(9-21)22(17)10-11-3-1-2-4-16(11)20;1-2-5-17(13-8-14(18)10-15(19)9-13)21-11-12-6-3-4-7-16(12)20;15-12-5-10(6-13(16)7-12)8-18-9-11-3-1-2-4-14(11)17;8-6-1-5(4-10)2-7(9)3-6;8-7-4-2-1-3-6(7)5-9;1-2-4-5-3-1;1-2-3-4/h1-2,5-6,9-11,19,21H,3-4,7-8,12-14H2;1-7,15,17H,8-10H2;2-4,6-10,17,21H,1,5,11H2;1-8H,9H2;1-4H;1-4H,5,9H2;5H,1-4H2;2H,1,3H2. The highest BCUT2D eigenvalue weighted by Gasteiger charge is 2.41. The van der Waals surface area contributed by atoms with Gasteiger partial charge >= 0.3 is 0 Å². The van der Waals surface area contributed by atoms with Crippen LogP contribution in [0.3, 0.4) is 0 Å². The molecule has 0 radical (unpaired) electrons. The number of hydrogen-bond acceptors (Lipinski definition) is 8. The fourth-order valence-corrected chi connectivity index (χ4v) is 22.4. The average Bonchev–Trinajstić information content (AvgIpc) is 1.40. The van der Waals surface area contributed by atoms with Gasteiger partial charge in [0.15, 0.2) is 0 Å². The van der Waals surface area contributed by atoms with Gasteiger partial charge in [-0.15, -0.1) is 13.2 Å². The number of nitrogens with zero attached hydrogens (tertiary/aromatic N) is 4. The predicted octanol–water partition coefficient (Wildman–Crippen LogP) is 32.0. The predicted molar refractivity (Wildman–Crippen MR) is 553 cm³/mol. The number of likely N-dealkylation sites (tertiary alicyclic amines) is 3. The number of nitrogens with one attached hydrogen (secondary N) is 2. The summed E-state index contributed by atoms with van der Waals surface area (Å²) >= 11 is 58.6. The van der Waals surface area contributed by atoms with Gasteiger partial charge in [0.1, 0.15) is 6.29 Å². The summed E-state index contributed by atoms with van der Waals surface area (Å²) in [5, 5.41) is 7.72. The molecule has 4 fully saturated rings. The second kappa shape index (κ2) is 56.2. The Kier molecular flexibility index (Phi) is 49.5. The van der Waals surface area contributed by atoms with E-state index in [2.05, 4.69) is 442 Å². The van der Waals surface area contributed by atoms with Gasteiger partial charge in [-0.1, -0.05) is 381 Å². The maximum atomic E-state index is 10.3. The number of aldehydes is 1. The van der Waals surface area contributed by atoms with E-state index in [0.29, 0.717) is 42.8 Å². The van der Waals surface area contributed by atoms with Gasteiger partial charge in [0.2, 0.25) is 0 Å². The zero-order valence-electron chi connectivity index (χ0n) is 63.0. The number of rotatable bonds is 21. The van der Waals surface area contributed by atoms with E-state index < -0.39 is 0 Å². The first-order chi connectivity index (χ1) is 55.4. The number of alkyl halides is 2. The van der Waals surface area contributed by atoms with Crippen LogP contribution in [0.5, 0.6) is 0 Å². The molecular weight excluding hydrogens is 2600 g/mol. The Hall–Kier alpha value is -0.810. The largest absolute Gasteiger partial charge is 0.326 e. The Bertz CT molecular complexity index is 4590. The van der Waals surface area contributed by atoms with Crippen molar-refractivity contribution in [2.75, 3.05) is 42.5 Å². The number of nitrogens with two attached hydrogens (primary N) is 1. The molecule has 10 aromatic rings. The van der Waals surface area contributed by atoms with Crippen molar-refractivity contribution in [2.45, 2.75) is 108 Å². The summed E-state index contributed by atoms with van der Waals surface area (Å²) in [4.78, 5) is 22.7. The third-order valence-corrected chi connectivity index (χ3v) is 28.5. The summed E-state index contributed by atoms with van der Waals surface area (Å²) in [5.41, 5.74) is 17.5. The number of aliphatic imine (C=N–C) groups is 1. The summed E-state index contributed by atoms with van der Waals surface area (Å²) < 4.78 is 17.5. The molecule has 5 atom stereocenters. The molecule has 0 bridgehead atoms. The highest BCUT2D eigenvalue weighted by Crippen LogP contribution is 2.45. The fraction of sp³-hybridized carbons (Fsp3) is 0.267. The van der Waals surface area contributed by atoms with Crippen LogP contribution >= 0.6 is 277 Å². The number of hydrogen-bond donors (Lipinski definition) is 3. The van der Waals surface area contributed by atoms with Crippen molar-refractivity contribution < 1.29 is 4.79 Å². The van der Waals surface area contributed by atoms with Gasteiger partial charge in [0.05, 0.1) is 6.54 Å². The van der Waals surface area contributed by atoms with Crippen LogP contribution in [0, 0.1) is 0 Å². The normalized spacial score (nSPS) is 16.3. The number of carbonyl (C=O) groups excluding carboxylic acids is 1. The van der Waals surface area contributed by atoms with Crippen molar-refractivity contribution in [3.05, 3.63) is 360 Å². The van der Waals surface area contributed by atoms with Crippen molar-refractivity contribution in [3.8, 4) is 0 Å². The zero-order valence-corrected chi connectivity index (χ0v) is 90.5. The van der Waals surface area contributed by atoms with Crippen LogP contribution < -0.4 is 16.4 Å². The summed E-state index contributed by atoms with van der Waals surface area (Å²) in [7, 11) is 0. The van der Waals surface area contributed by atoms with E-state index >= 15 is 0 Å². The summed E-state index contributed by atoms with van der Waals surface area (Å²) in [6.07, 6.45) is 15.3. The molecule has 4 aliphatic rings. The maximum Gasteiger partial charge on any atom is 0.150 e. The van der Waals surface area contributed by atoms with Gasteiger partial charge < -0.3 is 21.3 Å². The highest BCUT2D eigenvalue weighted by molar-refractivity contribution is 14.1. The quantitative estimate of drug-likeness (QED) is 0.0217. The molecular formula is C90H90Br16IN7O. The molecule has 10 aromatic carbocycles. The molecule has 14 rings (SSSR count). The third kappa shape index (κ3) is 36.7. The Labute approximate surface area is 829 Å². The molecule has 610 valence electrons. The van der Waals surface area contributed by atoms with Crippen LogP contribution in [-0.2, 0) is 32.7 Å². The first kappa shape index (κ1) is 101. The van der Waals surface area contributed by atoms with Crippen molar-refractivity contribution in [1.82, 2.24) is 25.3 Å². The van der Waals surface area contributed by atoms with Crippen molar-refractivity contribution >= 4 is 290 Å². The number of benzene rings is 10. The Morgan fingerprint density at radius 3 is 1.20 bits per heavy atom. The fourth-order valence-electron chi connectivity index (χ4n) is 12.8. The molecule has 4 saturated heterocycles. The van der Waals surface area contributed by atoms with Crippen molar-refractivity contribution in [3.63, 3.8) is 0 Å². The van der Waals surface area contributed by atoms with Gasteiger partial charge in [-0.2, -0.15) is 0 Å². The summed E-state index contributed by atoms with van der Waals surface area (Å²) in [5.74, 6) is 0. The van der Waals surface area contributed by atoms with Gasteiger partial charge in [-0.3, -0.25) is 19.6 Å². The summed E-state index contributed by atoms with van der Waals surface area (Å²) in [6, 6.07) is 75.1. The lowest BCUT2D eigenvalue weighted by molar-refractivity contribution is -0.0117. The average molecular weight is 2690 g/mol. The Morgan fingerprint density at radius 1 is 0.470 bits per heavy atom. The van der Waals surface area contributed by atoms with Gasteiger partial charge in [0.25, 0.3) is 0 Å². The van der Waals surface area contributed by atoms with Crippen LogP contribution in [0.2, 0.25) is 0 Å². The van der Waals surface area contributed by atoms with Gasteiger partial charge in [-0.05, 0) is 243 Å². The van der Waals surface area contributed by atoms with E-state index in [1.807, 2.05) is 91.2 Å². The highest BCUT2D eigenvalue weighted by atomic mass is 127. The van der Waals surface area contributed by atoms with E-state index in [9.17, 15) is 4.79 Å². The van der Waals surface area contributed by atoms with Crippen LogP contribution in [0.15, 0.2) is 310 Å². The minimum atomic E-state index is 0.239. The molecule has 4 heterocycles. The minimum absolute atomic E-state index is 0.239. The SMILES string of the molecule is Brc1cc(Br)cc(C2CC(CI)N2Cc2ccccc2Br)c1.Brc1cc(Br)cc(C2CC(CN3CCCC3)N2Cc2ccccc2Br)c1.Brc1cc(Br)cc(C=NCc2ccccc2Br)c1.C1CCNC1.C=CCBr.C=CCC(NCc1ccccc1Br)c1cc(Br)cc(Br)c1.NCc1ccccc1Br.O=Cc1cc(Br)cc(Br)c1. The van der Waals surface area contributed by atoms with Crippen LogP contribution in [0.25, 0.3) is 0 Å². The molecule has 8 nitrogen and oxygen atoms in total. The molecule has 4 aliphatic heterocycles. The Balaban J connectivity index is 0.000000192. The first-order valence-electron chi connectivity index (χ1n) is 37.0. The van der Waals surface area contributed by atoms with Gasteiger partial charge in [-0.25, -0.2) is 0 Å². The minimum Gasteiger partial charge on any atom is -0.326 e. The molecule has 115 heavy (non-hydrogen) atoms. The summed E-state index contributed by atoms with van der Waals surface area (Å²) in [6.45, 7) is 17.6. The monoisotopic (exact) mass is 2670 g/mol. The van der Waals surface area contributed by atoms with Crippen molar-refractivity contribution in [1.29, 1.82) is 0 Å². The molecule has 0 spiro atoms. The van der Waals surface area contributed by atoms with E-state index in [4.69, 9.17) is 5.73 Å². The van der Waals surface area contributed by atoms with Crippen LogP contribution in [0.1, 0.15) is 124 Å². The molecule has 25 heteroatoms. The zero-order chi connectivity index (χ0) is 83.2. The lowest BCUT2D eigenvalue weighted by atomic mass is 9.86. The third-order valence-electron chi connectivity index (χ3n) is 18.5. The maximum absolute atomic E-state index is 10.3. The second-order valence-corrected chi connectivity index (χ2v) is 41.9. The molecule has 4 N–H and O–H groups in total. The molecule has 0 saturated carbocycles. The first-order valence-corrected chi connectivity index (χ1v) is 51.6. The number of carbonyl (C=O) groups is 1. The number of halogens is 17. The lowest BCUT2D eigenvalue weighted by Crippen LogP contribution is -2.54. The van der Waals surface area contributed by atoms with Crippen LogP contribution in [0.4, 0.5) is 0 Å². The molecule has 0 aromatic heterocycles. The van der Waals surface area contributed by atoms with Crippen molar-refractivity contribution in [2.24, 2.45) is 10.7 Å². The van der Waals surface area contributed by atoms with Gasteiger partial charge in [0, 0.05) is 152 Å². The smallest absolute Gasteiger partial charge is 0.150 e. The van der Waals surface area contributed by atoms with E-state index in [-0.39, 0.29) is 6.04 Å². The lowest BCUT2D eigenvalue weighted by Gasteiger charge is -2.50.